The highest BCUT2D eigenvalue weighted by atomic mass is 16.3. The van der Waals surface area contributed by atoms with Gasteiger partial charge in [-0.15, -0.1) is 0 Å². The highest BCUT2D eigenvalue weighted by molar-refractivity contribution is 5.30. The normalized spacial score (nSPS) is 10.2. The van der Waals surface area contributed by atoms with Crippen molar-refractivity contribution in [2.45, 2.75) is 78.6 Å². The van der Waals surface area contributed by atoms with Crippen LogP contribution in [0.5, 0.6) is 5.75 Å². The standard InChI is InChI=1S/C18H30.C6H6O/c1-4-7-10-16-13-17(11-8-5-2)15-18(14-16)12-9-6-3;7-6-4-2-1-3-5-6/h13-15H,4-12H2,1-3H3;1-5,7H. The monoisotopic (exact) mass is 340 g/mol. The summed E-state index contributed by atoms with van der Waals surface area (Å²) in [6, 6.07) is 16.0. The van der Waals surface area contributed by atoms with Crippen molar-refractivity contribution in [1.29, 1.82) is 0 Å². The van der Waals surface area contributed by atoms with Crippen LogP contribution in [-0.4, -0.2) is 5.11 Å². The van der Waals surface area contributed by atoms with E-state index in [1.54, 1.807) is 41.0 Å². The van der Waals surface area contributed by atoms with Gasteiger partial charge < -0.3 is 5.11 Å². The van der Waals surface area contributed by atoms with Crippen LogP contribution in [0.25, 0.3) is 0 Å². The van der Waals surface area contributed by atoms with Crippen molar-refractivity contribution < 1.29 is 5.11 Å². The zero-order chi connectivity index (χ0) is 18.3. The fraction of sp³-hybridized carbons (Fsp3) is 0.500. The molecule has 0 unspecified atom stereocenters. The largest absolute Gasteiger partial charge is 0.508 e. The Balaban J connectivity index is 0.000000370. The van der Waals surface area contributed by atoms with Crippen molar-refractivity contribution in [1.82, 2.24) is 0 Å². The first-order valence-electron chi connectivity index (χ1n) is 10.0. The molecule has 2 aromatic carbocycles. The Morgan fingerprint density at radius 2 is 0.960 bits per heavy atom. The van der Waals surface area contributed by atoms with Gasteiger partial charge in [-0.25, -0.2) is 0 Å². The third kappa shape index (κ3) is 9.96. The Morgan fingerprint density at radius 1 is 0.600 bits per heavy atom. The van der Waals surface area contributed by atoms with Crippen LogP contribution >= 0.6 is 0 Å². The molecule has 0 aliphatic heterocycles. The molecule has 25 heavy (non-hydrogen) atoms. The summed E-state index contributed by atoms with van der Waals surface area (Å²) in [5.74, 6) is 0.322. The van der Waals surface area contributed by atoms with Gasteiger partial charge in [-0.2, -0.15) is 0 Å². The van der Waals surface area contributed by atoms with Gasteiger partial charge in [0.05, 0.1) is 0 Å². The maximum absolute atomic E-state index is 8.63. The van der Waals surface area contributed by atoms with E-state index in [2.05, 4.69) is 39.0 Å². The second-order valence-electron chi connectivity index (χ2n) is 6.80. The average Bonchev–Trinajstić information content (AvgIpc) is 2.64. The lowest BCUT2D eigenvalue weighted by Crippen LogP contribution is -1.95. The first-order valence-corrected chi connectivity index (χ1v) is 10.0. The van der Waals surface area contributed by atoms with Crippen molar-refractivity contribution in [2.24, 2.45) is 0 Å². The number of rotatable bonds is 9. The predicted octanol–water partition coefficient (Wildman–Crippen LogP) is 7.11. The molecule has 0 radical (unpaired) electrons. The van der Waals surface area contributed by atoms with E-state index in [0.717, 1.165) is 0 Å². The van der Waals surface area contributed by atoms with E-state index in [9.17, 15) is 0 Å². The third-order valence-corrected chi connectivity index (χ3v) is 4.33. The second-order valence-corrected chi connectivity index (χ2v) is 6.80. The van der Waals surface area contributed by atoms with E-state index in [1.807, 2.05) is 6.07 Å². The number of phenols is 1. The molecular weight excluding hydrogens is 304 g/mol. The summed E-state index contributed by atoms with van der Waals surface area (Å²) in [7, 11) is 0. The maximum Gasteiger partial charge on any atom is 0.115 e. The van der Waals surface area contributed by atoms with E-state index in [4.69, 9.17) is 5.11 Å². The molecule has 1 N–H and O–H groups in total. The number of para-hydroxylation sites is 1. The smallest absolute Gasteiger partial charge is 0.115 e. The first-order chi connectivity index (χ1) is 12.2. The predicted molar refractivity (Wildman–Crippen MR) is 110 cm³/mol. The van der Waals surface area contributed by atoms with Crippen molar-refractivity contribution in [3.63, 3.8) is 0 Å². The Hall–Kier alpha value is -1.76. The van der Waals surface area contributed by atoms with Gasteiger partial charge in [0.15, 0.2) is 0 Å². The van der Waals surface area contributed by atoms with Gasteiger partial charge in [0.2, 0.25) is 0 Å². The zero-order valence-corrected chi connectivity index (χ0v) is 16.4. The van der Waals surface area contributed by atoms with Gasteiger partial charge in [0.25, 0.3) is 0 Å². The molecule has 0 fully saturated rings. The summed E-state index contributed by atoms with van der Waals surface area (Å²) in [6.45, 7) is 6.83. The highest BCUT2D eigenvalue weighted by Crippen LogP contribution is 2.17. The molecule has 0 spiro atoms. The first kappa shape index (κ1) is 21.3. The van der Waals surface area contributed by atoms with Gasteiger partial charge in [-0.05, 0) is 67.3 Å². The molecule has 1 heteroatoms. The van der Waals surface area contributed by atoms with Gasteiger partial charge in [-0.3, -0.25) is 0 Å². The molecule has 0 bridgehead atoms. The SMILES string of the molecule is CCCCc1cc(CCCC)cc(CCCC)c1.Oc1ccccc1. The quantitative estimate of drug-likeness (QED) is 0.516. The molecule has 2 aromatic rings. The molecule has 0 aliphatic carbocycles. The Labute approximate surface area is 155 Å². The number of benzene rings is 2. The molecule has 0 saturated carbocycles. The number of phenolic OH excluding ortho intramolecular Hbond substituents is 1. The number of aromatic hydroxyl groups is 1. The summed E-state index contributed by atoms with van der Waals surface area (Å²) in [5.41, 5.74) is 4.70. The van der Waals surface area contributed by atoms with Crippen molar-refractivity contribution in [2.75, 3.05) is 0 Å². The number of hydrogen-bond donors (Lipinski definition) is 1. The number of unbranched alkanes of at least 4 members (excludes halogenated alkanes) is 3. The minimum Gasteiger partial charge on any atom is -0.508 e. The molecule has 0 heterocycles. The van der Waals surface area contributed by atoms with Crippen LogP contribution in [0.2, 0.25) is 0 Å². The molecule has 2 rings (SSSR count). The number of aryl methyl sites for hydroxylation is 3. The third-order valence-electron chi connectivity index (χ3n) is 4.33. The molecule has 0 aromatic heterocycles. The van der Waals surface area contributed by atoms with Crippen LogP contribution in [0.3, 0.4) is 0 Å². The molecule has 0 aliphatic rings. The van der Waals surface area contributed by atoms with Crippen molar-refractivity contribution >= 4 is 0 Å². The van der Waals surface area contributed by atoms with E-state index in [0.29, 0.717) is 5.75 Å². The van der Waals surface area contributed by atoms with E-state index >= 15 is 0 Å². The topological polar surface area (TPSA) is 20.2 Å². The molecule has 1 nitrogen and oxygen atoms in total. The van der Waals surface area contributed by atoms with Gasteiger partial charge in [0.1, 0.15) is 5.75 Å². The highest BCUT2D eigenvalue weighted by Gasteiger charge is 2.01. The maximum atomic E-state index is 8.63. The van der Waals surface area contributed by atoms with Gasteiger partial charge in [-0.1, -0.05) is 76.4 Å². The van der Waals surface area contributed by atoms with Crippen LogP contribution in [0.1, 0.15) is 76.0 Å². The average molecular weight is 341 g/mol. The minimum atomic E-state index is 0.322. The van der Waals surface area contributed by atoms with Crippen LogP contribution in [0, 0.1) is 0 Å². The van der Waals surface area contributed by atoms with Crippen LogP contribution in [-0.2, 0) is 19.3 Å². The second kappa shape index (κ2) is 13.5. The summed E-state index contributed by atoms with van der Waals surface area (Å²) in [6.07, 6.45) is 11.6. The summed E-state index contributed by atoms with van der Waals surface area (Å²) in [4.78, 5) is 0. The summed E-state index contributed by atoms with van der Waals surface area (Å²) < 4.78 is 0. The Kier molecular flexibility index (Phi) is 11.5. The molecule has 0 saturated heterocycles. The zero-order valence-electron chi connectivity index (χ0n) is 16.4. The Morgan fingerprint density at radius 3 is 1.20 bits per heavy atom. The Bertz CT molecular complexity index is 495. The lowest BCUT2D eigenvalue weighted by Gasteiger charge is -2.09. The van der Waals surface area contributed by atoms with Gasteiger partial charge >= 0.3 is 0 Å². The lowest BCUT2D eigenvalue weighted by molar-refractivity contribution is 0.475. The van der Waals surface area contributed by atoms with Crippen LogP contribution in [0.4, 0.5) is 0 Å². The molecule has 0 amide bonds. The number of hydrogen-bond acceptors (Lipinski definition) is 1. The lowest BCUT2D eigenvalue weighted by atomic mass is 9.96. The summed E-state index contributed by atoms with van der Waals surface area (Å²) >= 11 is 0. The minimum absolute atomic E-state index is 0.322. The van der Waals surface area contributed by atoms with Crippen molar-refractivity contribution in [3.8, 4) is 5.75 Å². The molecular formula is C24H36O. The fourth-order valence-corrected chi connectivity index (χ4v) is 2.84. The summed E-state index contributed by atoms with van der Waals surface area (Å²) in [5, 5.41) is 8.63. The van der Waals surface area contributed by atoms with Crippen LogP contribution < -0.4 is 0 Å². The van der Waals surface area contributed by atoms with Gasteiger partial charge in [0, 0.05) is 0 Å². The van der Waals surface area contributed by atoms with E-state index in [1.165, 1.54) is 57.8 Å². The molecule has 0 atom stereocenters. The molecule has 138 valence electrons. The fourth-order valence-electron chi connectivity index (χ4n) is 2.84. The van der Waals surface area contributed by atoms with E-state index in [-0.39, 0.29) is 0 Å². The van der Waals surface area contributed by atoms with Crippen molar-refractivity contribution in [3.05, 3.63) is 65.2 Å². The van der Waals surface area contributed by atoms with E-state index < -0.39 is 0 Å². The van der Waals surface area contributed by atoms with Crippen LogP contribution in [0.15, 0.2) is 48.5 Å².